The smallest absolute Gasteiger partial charge is 0.336 e. The van der Waals surface area contributed by atoms with Gasteiger partial charge in [0.1, 0.15) is 0 Å². The minimum Gasteiger partial charge on any atom is -0.478 e. The van der Waals surface area contributed by atoms with Crippen molar-refractivity contribution in [2.75, 3.05) is 0 Å². The van der Waals surface area contributed by atoms with E-state index in [1.165, 1.54) is 12.5 Å². The number of aromatic carboxylic acids is 2. The number of rotatable bonds is 5. The highest BCUT2D eigenvalue weighted by Gasteiger charge is 2.29. The van der Waals surface area contributed by atoms with Crippen LogP contribution in [0, 0.1) is 0 Å². The van der Waals surface area contributed by atoms with Crippen LogP contribution < -0.4 is 0 Å². The van der Waals surface area contributed by atoms with Crippen LogP contribution in [0.2, 0.25) is 0 Å². The molecule has 0 bridgehead atoms. The van der Waals surface area contributed by atoms with E-state index in [4.69, 9.17) is 0 Å². The third-order valence-electron chi connectivity index (χ3n) is 4.88. The van der Waals surface area contributed by atoms with Gasteiger partial charge >= 0.3 is 11.9 Å². The molecule has 1 aliphatic rings. The molecule has 2 N–H and O–H groups in total. The van der Waals surface area contributed by atoms with Crippen LogP contribution in [0.3, 0.4) is 0 Å². The van der Waals surface area contributed by atoms with Gasteiger partial charge in [0.25, 0.3) is 0 Å². The fourth-order valence-electron chi connectivity index (χ4n) is 3.53. The van der Waals surface area contributed by atoms with E-state index in [0.29, 0.717) is 0 Å². The van der Waals surface area contributed by atoms with E-state index >= 15 is 0 Å². The molecule has 120 valence electrons. The second-order valence-electron chi connectivity index (χ2n) is 6.25. The van der Waals surface area contributed by atoms with Crippen molar-refractivity contribution < 1.29 is 19.8 Å². The van der Waals surface area contributed by atoms with Crippen molar-refractivity contribution in [2.45, 2.75) is 64.2 Å². The first-order valence-electron chi connectivity index (χ1n) is 8.10. The summed E-state index contributed by atoms with van der Waals surface area (Å²) in [6.45, 7) is 4.15. The molecule has 2 rings (SSSR count). The van der Waals surface area contributed by atoms with Gasteiger partial charge < -0.3 is 10.2 Å². The summed E-state index contributed by atoms with van der Waals surface area (Å²) in [5, 5.41) is 19.0. The topological polar surface area (TPSA) is 74.6 Å². The largest absolute Gasteiger partial charge is 0.478 e. The molecule has 4 heteroatoms. The van der Waals surface area contributed by atoms with E-state index in [2.05, 4.69) is 13.8 Å². The molecule has 1 atom stereocenters. The first-order valence-corrected chi connectivity index (χ1v) is 8.10. The summed E-state index contributed by atoms with van der Waals surface area (Å²) in [5.41, 5.74) is 1.72. The maximum atomic E-state index is 11.8. The van der Waals surface area contributed by atoms with Crippen LogP contribution in [-0.4, -0.2) is 22.2 Å². The van der Waals surface area contributed by atoms with Crippen molar-refractivity contribution in [1.29, 1.82) is 0 Å². The van der Waals surface area contributed by atoms with Gasteiger partial charge in [0.15, 0.2) is 0 Å². The Labute approximate surface area is 131 Å². The molecule has 1 aromatic rings. The Bertz CT molecular complexity index is 571. The molecule has 1 fully saturated rings. The molecule has 22 heavy (non-hydrogen) atoms. The van der Waals surface area contributed by atoms with Gasteiger partial charge in [-0.05, 0) is 48.3 Å². The summed E-state index contributed by atoms with van der Waals surface area (Å²) in [4.78, 5) is 23.2. The van der Waals surface area contributed by atoms with Crippen molar-refractivity contribution in [3.63, 3.8) is 0 Å². The minimum atomic E-state index is -1.16. The number of benzene rings is 1. The van der Waals surface area contributed by atoms with Crippen LogP contribution in [-0.2, 0) is 0 Å². The van der Waals surface area contributed by atoms with Crippen molar-refractivity contribution in [3.8, 4) is 0 Å². The molecule has 0 spiro atoms. The van der Waals surface area contributed by atoms with Gasteiger partial charge in [-0.3, -0.25) is 0 Å². The SMILES string of the molecule is CCC(C)c1ccc(C(=O)O)c(C(=O)O)c1C1CCCCC1. The maximum Gasteiger partial charge on any atom is 0.336 e. The Kier molecular flexibility index (Phi) is 5.22. The fraction of sp³-hybridized carbons (Fsp3) is 0.556. The number of carboxylic acid groups (broad SMARTS) is 2. The lowest BCUT2D eigenvalue weighted by molar-refractivity contribution is 0.0649. The van der Waals surface area contributed by atoms with Gasteiger partial charge in [-0.15, -0.1) is 0 Å². The van der Waals surface area contributed by atoms with Crippen LogP contribution in [0.1, 0.15) is 96.1 Å². The lowest BCUT2D eigenvalue weighted by atomic mass is 9.76. The molecule has 0 radical (unpaired) electrons. The monoisotopic (exact) mass is 304 g/mol. The molecule has 1 aromatic carbocycles. The summed E-state index contributed by atoms with van der Waals surface area (Å²) < 4.78 is 0. The Balaban J connectivity index is 2.68. The molecule has 0 amide bonds. The van der Waals surface area contributed by atoms with E-state index in [-0.39, 0.29) is 23.0 Å². The molecule has 0 saturated heterocycles. The standard InChI is InChI=1S/C18H24O4/c1-3-11(2)13-9-10-14(17(19)20)16(18(21)22)15(13)12-7-5-4-6-8-12/h9-12H,3-8H2,1-2H3,(H,19,20)(H,21,22). The second-order valence-corrected chi connectivity index (χ2v) is 6.25. The third-order valence-corrected chi connectivity index (χ3v) is 4.88. The quantitative estimate of drug-likeness (QED) is 0.830. The summed E-state index contributed by atoms with van der Waals surface area (Å²) in [7, 11) is 0. The van der Waals surface area contributed by atoms with E-state index in [9.17, 15) is 19.8 Å². The highest BCUT2D eigenvalue weighted by atomic mass is 16.4. The minimum absolute atomic E-state index is 0.0113. The Hall–Kier alpha value is -1.84. The molecule has 1 aliphatic carbocycles. The lowest BCUT2D eigenvalue weighted by Gasteiger charge is -2.28. The van der Waals surface area contributed by atoms with Crippen LogP contribution in [0.25, 0.3) is 0 Å². The van der Waals surface area contributed by atoms with E-state index in [1.54, 1.807) is 0 Å². The number of hydrogen-bond acceptors (Lipinski definition) is 2. The van der Waals surface area contributed by atoms with Crippen molar-refractivity contribution >= 4 is 11.9 Å². The molecule has 0 heterocycles. The van der Waals surface area contributed by atoms with Crippen LogP contribution in [0.4, 0.5) is 0 Å². The number of carboxylic acids is 2. The molecular formula is C18H24O4. The van der Waals surface area contributed by atoms with Gasteiger partial charge in [0.05, 0.1) is 11.1 Å². The summed E-state index contributed by atoms with van der Waals surface area (Å²) in [6.07, 6.45) is 6.16. The first-order chi connectivity index (χ1) is 10.5. The molecule has 4 nitrogen and oxygen atoms in total. The normalized spacial score (nSPS) is 17.2. The predicted octanol–water partition coefficient (Wildman–Crippen LogP) is 4.64. The number of hydrogen-bond donors (Lipinski definition) is 2. The lowest BCUT2D eigenvalue weighted by Crippen LogP contribution is -2.18. The zero-order valence-corrected chi connectivity index (χ0v) is 13.3. The predicted molar refractivity (Wildman–Crippen MR) is 84.9 cm³/mol. The molecular weight excluding hydrogens is 280 g/mol. The fourth-order valence-corrected chi connectivity index (χ4v) is 3.53. The molecule has 1 saturated carbocycles. The van der Waals surface area contributed by atoms with Gasteiger partial charge in [0.2, 0.25) is 0 Å². The average Bonchev–Trinajstić information content (AvgIpc) is 2.53. The van der Waals surface area contributed by atoms with E-state index in [0.717, 1.165) is 43.2 Å². The van der Waals surface area contributed by atoms with E-state index < -0.39 is 11.9 Å². The highest BCUT2D eigenvalue weighted by molar-refractivity contribution is 6.03. The first kappa shape index (κ1) is 16.5. The van der Waals surface area contributed by atoms with Gasteiger partial charge in [-0.1, -0.05) is 39.2 Å². The van der Waals surface area contributed by atoms with Crippen molar-refractivity contribution in [2.24, 2.45) is 0 Å². The zero-order valence-electron chi connectivity index (χ0n) is 13.3. The van der Waals surface area contributed by atoms with Gasteiger partial charge in [0, 0.05) is 0 Å². The maximum absolute atomic E-state index is 11.8. The average molecular weight is 304 g/mol. The van der Waals surface area contributed by atoms with Crippen molar-refractivity contribution in [1.82, 2.24) is 0 Å². The zero-order chi connectivity index (χ0) is 16.3. The van der Waals surface area contributed by atoms with Crippen LogP contribution in [0.5, 0.6) is 0 Å². The number of carbonyl (C=O) groups is 2. The Morgan fingerprint density at radius 2 is 1.77 bits per heavy atom. The van der Waals surface area contributed by atoms with Crippen molar-refractivity contribution in [3.05, 3.63) is 34.4 Å². The second kappa shape index (κ2) is 6.95. The third kappa shape index (κ3) is 3.16. The molecule has 0 aromatic heterocycles. The molecule has 1 unspecified atom stereocenters. The van der Waals surface area contributed by atoms with Crippen LogP contribution in [0.15, 0.2) is 12.1 Å². The van der Waals surface area contributed by atoms with Gasteiger partial charge in [-0.2, -0.15) is 0 Å². The summed E-state index contributed by atoms with van der Waals surface area (Å²) >= 11 is 0. The van der Waals surface area contributed by atoms with E-state index in [1.807, 2.05) is 6.07 Å². The van der Waals surface area contributed by atoms with Gasteiger partial charge in [-0.25, -0.2) is 9.59 Å². The summed E-state index contributed by atoms with van der Waals surface area (Å²) in [6, 6.07) is 3.29. The summed E-state index contributed by atoms with van der Waals surface area (Å²) in [5.74, 6) is -1.88. The highest BCUT2D eigenvalue weighted by Crippen LogP contribution is 2.40. The Morgan fingerprint density at radius 1 is 1.14 bits per heavy atom. The van der Waals surface area contributed by atoms with Crippen LogP contribution >= 0.6 is 0 Å². The Morgan fingerprint density at radius 3 is 2.27 bits per heavy atom. The molecule has 0 aliphatic heterocycles.